The average molecular weight is 421 g/mol. The molecule has 0 aliphatic rings. The monoisotopic (exact) mass is 421 g/mol. The summed E-state index contributed by atoms with van der Waals surface area (Å²) in [6.07, 6.45) is 1.22. The van der Waals surface area contributed by atoms with Crippen molar-refractivity contribution in [2.24, 2.45) is 0 Å². The Morgan fingerprint density at radius 1 is 1.06 bits per heavy atom. The molecule has 0 spiro atoms. The van der Waals surface area contributed by atoms with E-state index in [2.05, 4.69) is 19.9 Å². The van der Waals surface area contributed by atoms with Crippen molar-refractivity contribution in [2.45, 2.75) is 13.5 Å². The number of oxazole rings is 1. The minimum atomic E-state index is -0.581. The highest BCUT2D eigenvalue weighted by molar-refractivity contribution is 5.86. The van der Waals surface area contributed by atoms with Crippen LogP contribution in [0, 0.1) is 6.92 Å². The highest BCUT2D eigenvalue weighted by atomic mass is 16.5. The molecular formula is C22H19N3O6. The van der Waals surface area contributed by atoms with Gasteiger partial charge in [-0.05, 0) is 36.8 Å². The first-order valence-corrected chi connectivity index (χ1v) is 9.32. The summed E-state index contributed by atoms with van der Waals surface area (Å²) < 4.78 is 26.4. The van der Waals surface area contributed by atoms with Crippen molar-refractivity contribution in [1.29, 1.82) is 0 Å². The van der Waals surface area contributed by atoms with Crippen molar-refractivity contribution in [2.75, 3.05) is 14.2 Å². The van der Waals surface area contributed by atoms with E-state index in [1.54, 1.807) is 18.2 Å². The van der Waals surface area contributed by atoms with E-state index < -0.39 is 5.97 Å². The maximum atomic E-state index is 11.5. The molecule has 0 saturated carbocycles. The second kappa shape index (κ2) is 8.70. The fourth-order valence-corrected chi connectivity index (χ4v) is 2.90. The number of nitrogens with zero attached hydrogens (tertiary/aromatic N) is 3. The Balaban J connectivity index is 1.51. The van der Waals surface area contributed by atoms with Gasteiger partial charge in [0.15, 0.2) is 23.8 Å². The molecule has 0 radical (unpaired) electrons. The van der Waals surface area contributed by atoms with Crippen LogP contribution in [0.4, 0.5) is 0 Å². The maximum absolute atomic E-state index is 11.5. The first-order valence-electron chi connectivity index (χ1n) is 9.32. The molecule has 4 rings (SSSR count). The van der Waals surface area contributed by atoms with Gasteiger partial charge in [0.25, 0.3) is 5.89 Å². The molecule has 31 heavy (non-hydrogen) atoms. The molecule has 0 aliphatic heterocycles. The van der Waals surface area contributed by atoms with Gasteiger partial charge in [0.2, 0.25) is 11.7 Å². The van der Waals surface area contributed by atoms with Crippen LogP contribution in [-0.2, 0) is 11.3 Å². The van der Waals surface area contributed by atoms with Crippen LogP contribution in [0.2, 0.25) is 0 Å². The molecule has 4 aromatic rings. The highest BCUT2D eigenvalue weighted by Crippen LogP contribution is 2.33. The molecule has 0 fully saturated rings. The summed E-state index contributed by atoms with van der Waals surface area (Å²) in [5.74, 6) is 1.46. The number of aryl methyl sites for hydroxylation is 1. The van der Waals surface area contributed by atoms with Crippen LogP contribution >= 0.6 is 0 Å². The molecule has 0 atom stereocenters. The van der Waals surface area contributed by atoms with Crippen molar-refractivity contribution in [1.82, 2.24) is 15.1 Å². The van der Waals surface area contributed by atoms with Crippen molar-refractivity contribution in [3.05, 3.63) is 65.9 Å². The zero-order valence-corrected chi connectivity index (χ0v) is 17.1. The fourth-order valence-electron chi connectivity index (χ4n) is 2.90. The maximum Gasteiger partial charge on any atom is 0.360 e. The fraction of sp³-hybridized carbons (Fsp3) is 0.182. The second-order valence-electron chi connectivity index (χ2n) is 6.51. The van der Waals surface area contributed by atoms with Gasteiger partial charge in [-0.2, -0.15) is 4.98 Å². The van der Waals surface area contributed by atoms with Gasteiger partial charge < -0.3 is 23.2 Å². The molecule has 0 saturated heterocycles. The van der Waals surface area contributed by atoms with E-state index in [1.807, 2.05) is 31.2 Å². The lowest BCUT2D eigenvalue weighted by Crippen LogP contribution is -2.03. The van der Waals surface area contributed by atoms with Gasteiger partial charge in [-0.1, -0.05) is 23.4 Å². The number of carbonyl (C=O) groups is 1. The summed E-state index contributed by atoms with van der Waals surface area (Å²) in [7, 11) is 2.80. The van der Waals surface area contributed by atoms with E-state index in [1.165, 1.54) is 20.5 Å². The zero-order chi connectivity index (χ0) is 21.8. The predicted octanol–water partition coefficient (Wildman–Crippen LogP) is 4.07. The van der Waals surface area contributed by atoms with Gasteiger partial charge >= 0.3 is 5.97 Å². The number of hydrogen-bond donors (Lipinski definition) is 0. The van der Waals surface area contributed by atoms with E-state index in [4.69, 9.17) is 18.4 Å². The summed E-state index contributed by atoms with van der Waals surface area (Å²) in [5, 5.41) is 4.08. The number of carbonyl (C=O) groups excluding carboxylic acids is 1. The Kier molecular flexibility index (Phi) is 5.65. The van der Waals surface area contributed by atoms with Crippen molar-refractivity contribution in [3.8, 4) is 34.3 Å². The van der Waals surface area contributed by atoms with Crippen LogP contribution in [0.3, 0.4) is 0 Å². The molecule has 2 aromatic carbocycles. The number of hydrogen-bond acceptors (Lipinski definition) is 9. The molecule has 2 heterocycles. The molecule has 0 unspecified atom stereocenters. The summed E-state index contributed by atoms with van der Waals surface area (Å²) in [4.78, 5) is 20.0. The number of aromatic nitrogens is 3. The molecule has 158 valence electrons. The number of esters is 1. The number of ether oxygens (including phenoxy) is 3. The Morgan fingerprint density at radius 2 is 1.90 bits per heavy atom. The first-order chi connectivity index (χ1) is 15.1. The molecule has 0 bridgehead atoms. The SMILES string of the molecule is COC(=O)c1coc(COc2ccc(-c3noc(-c4ccccc4C)n3)cc2OC)n1. The minimum Gasteiger partial charge on any atom is -0.493 e. The lowest BCUT2D eigenvalue weighted by molar-refractivity contribution is 0.0594. The van der Waals surface area contributed by atoms with Crippen LogP contribution in [0.5, 0.6) is 11.5 Å². The summed E-state index contributed by atoms with van der Waals surface area (Å²) in [5.41, 5.74) is 2.70. The zero-order valence-electron chi connectivity index (χ0n) is 17.1. The number of rotatable bonds is 7. The van der Waals surface area contributed by atoms with Crippen molar-refractivity contribution >= 4 is 5.97 Å². The van der Waals surface area contributed by atoms with E-state index >= 15 is 0 Å². The van der Waals surface area contributed by atoms with Gasteiger partial charge in [-0.25, -0.2) is 9.78 Å². The van der Waals surface area contributed by atoms with Crippen molar-refractivity contribution < 1.29 is 27.9 Å². The molecule has 0 N–H and O–H groups in total. The lowest BCUT2D eigenvalue weighted by atomic mass is 10.1. The number of methoxy groups -OCH3 is 2. The normalized spacial score (nSPS) is 10.7. The standard InChI is InChI=1S/C22H19N3O6/c1-13-6-4-5-7-15(13)21-24-20(25-31-21)14-8-9-17(18(10-14)27-2)29-12-19-23-16(11-30-19)22(26)28-3/h4-11H,12H2,1-3H3. The van der Waals surface area contributed by atoms with E-state index in [0.717, 1.165) is 11.1 Å². The first kappa shape index (κ1) is 20.1. The van der Waals surface area contributed by atoms with Gasteiger partial charge in [0.05, 0.1) is 14.2 Å². The third-order valence-corrected chi connectivity index (χ3v) is 4.52. The van der Waals surface area contributed by atoms with Crippen LogP contribution in [0.15, 0.2) is 57.7 Å². The Hall–Kier alpha value is -4.14. The summed E-state index contributed by atoms with van der Waals surface area (Å²) in [6, 6.07) is 13.0. The third-order valence-electron chi connectivity index (χ3n) is 4.52. The van der Waals surface area contributed by atoms with E-state index in [-0.39, 0.29) is 18.2 Å². The molecule has 9 nitrogen and oxygen atoms in total. The smallest absolute Gasteiger partial charge is 0.360 e. The average Bonchev–Trinajstić information content (AvgIpc) is 3.47. The van der Waals surface area contributed by atoms with Gasteiger partial charge in [-0.15, -0.1) is 0 Å². The molecule has 9 heteroatoms. The Bertz CT molecular complexity index is 1210. The number of benzene rings is 2. The summed E-state index contributed by atoms with van der Waals surface area (Å²) in [6.45, 7) is 1.99. The van der Waals surface area contributed by atoms with E-state index in [0.29, 0.717) is 28.8 Å². The van der Waals surface area contributed by atoms with Crippen LogP contribution in [0.1, 0.15) is 21.9 Å². The summed E-state index contributed by atoms with van der Waals surface area (Å²) >= 11 is 0. The predicted molar refractivity (Wildman–Crippen MR) is 109 cm³/mol. The minimum absolute atomic E-state index is 0.00629. The molecule has 0 amide bonds. The quantitative estimate of drug-likeness (QED) is 0.408. The van der Waals surface area contributed by atoms with Gasteiger partial charge in [0, 0.05) is 11.1 Å². The largest absolute Gasteiger partial charge is 0.493 e. The third kappa shape index (κ3) is 4.25. The van der Waals surface area contributed by atoms with Crippen LogP contribution in [-0.4, -0.2) is 35.3 Å². The van der Waals surface area contributed by atoms with Crippen LogP contribution < -0.4 is 9.47 Å². The Labute approximate surface area is 177 Å². The Morgan fingerprint density at radius 3 is 2.68 bits per heavy atom. The second-order valence-corrected chi connectivity index (χ2v) is 6.51. The molecular weight excluding hydrogens is 402 g/mol. The lowest BCUT2D eigenvalue weighted by Gasteiger charge is -2.10. The highest BCUT2D eigenvalue weighted by Gasteiger charge is 2.16. The van der Waals surface area contributed by atoms with Crippen molar-refractivity contribution in [3.63, 3.8) is 0 Å². The van der Waals surface area contributed by atoms with E-state index in [9.17, 15) is 4.79 Å². The molecule has 2 aromatic heterocycles. The van der Waals surface area contributed by atoms with Gasteiger partial charge in [0.1, 0.15) is 6.26 Å². The van der Waals surface area contributed by atoms with Crippen LogP contribution in [0.25, 0.3) is 22.8 Å². The topological polar surface area (TPSA) is 110 Å². The van der Waals surface area contributed by atoms with Gasteiger partial charge in [-0.3, -0.25) is 0 Å². The molecule has 0 aliphatic carbocycles.